The highest BCUT2D eigenvalue weighted by atomic mass is 16.6. The molecule has 1 atom stereocenters. The molecule has 1 N–H and O–H groups in total. The summed E-state index contributed by atoms with van der Waals surface area (Å²) < 4.78 is 0. The van der Waals surface area contributed by atoms with Crippen molar-refractivity contribution in [2.45, 2.75) is 6.04 Å². The predicted molar refractivity (Wildman–Crippen MR) is 43.8 cm³/mol. The van der Waals surface area contributed by atoms with Crippen molar-refractivity contribution in [2.75, 3.05) is 6.54 Å². The average Bonchev–Trinajstić information content (AvgIpc) is 2.87. The second-order valence-corrected chi connectivity index (χ2v) is 2.81. The van der Waals surface area contributed by atoms with E-state index in [1.165, 1.54) is 12.1 Å². The lowest BCUT2D eigenvalue weighted by atomic mass is 10.1. The van der Waals surface area contributed by atoms with Crippen molar-refractivity contribution < 1.29 is 4.92 Å². The van der Waals surface area contributed by atoms with Gasteiger partial charge < -0.3 is 5.32 Å². The molecular formula is C8H8N2O2. The lowest BCUT2D eigenvalue weighted by molar-refractivity contribution is -0.384. The van der Waals surface area contributed by atoms with Crippen LogP contribution in [0.25, 0.3) is 0 Å². The van der Waals surface area contributed by atoms with Gasteiger partial charge in [-0.1, -0.05) is 12.1 Å². The number of rotatable bonds is 2. The van der Waals surface area contributed by atoms with E-state index in [2.05, 4.69) is 5.32 Å². The van der Waals surface area contributed by atoms with E-state index in [1.54, 1.807) is 12.1 Å². The Balaban J connectivity index is 2.24. The van der Waals surface area contributed by atoms with E-state index in [-0.39, 0.29) is 10.6 Å². The quantitative estimate of drug-likeness (QED) is 0.406. The van der Waals surface area contributed by atoms with E-state index in [4.69, 9.17) is 0 Å². The Morgan fingerprint density at radius 3 is 2.42 bits per heavy atom. The van der Waals surface area contributed by atoms with Gasteiger partial charge in [0, 0.05) is 24.7 Å². The summed E-state index contributed by atoms with van der Waals surface area (Å²) in [6.45, 7) is 0.984. The van der Waals surface area contributed by atoms with E-state index in [0.29, 0.717) is 6.04 Å². The molecule has 1 fully saturated rings. The third-order valence-corrected chi connectivity index (χ3v) is 1.91. The molecule has 1 aromatic carbocycles. The molecule has 0 radical (unpaired) electrons. The molecule has 4 nitrogen and oxygen atoms in total. The number of nitro benzene ring substituents is 1. The van der Waals surface area contributed by atoms with Gasteiger partial charge in [0.1, 0.15) is 0 Å². The smallest absolute Gasteiger partial charge is 0.269 e. The van der Waals surface area contributed by atoms with Crippen LogP contribution in [0.2, 0.25) is 0 Å². The highest BCUT2D eigenvalue weighted by Crippen LogP contribution is 2.23. The minimum absolute atomic E-state index is 0.152. The molecule has 0 aliphatic carbocycles. The van der Waals surface area contributed by atoms with Crippen LogP contribution in [0.15, 0.2) is 24.3 Å². The average molecular weight is 164 g/mol. The zero-order chi connectivity index (χ0) is 8.55. The van der Waals surface area contributed by atoms with Crippen LogP contribution >= 0.6 is 0 Å². The molecule has 62 valence electrons. The first-order chi connectivity index (χ1) is 5.77. The summed E-state index contributed by atoms with van der Waals surface area (Å²) in [5.41, 5.74) is 1.28. The predicted octanol–water partition coefficient (Wildman–Crippen LogP) is 1.24. The maximum absolute atomic E-state index is 10.3. The van der Waals surface area contributed by atoms with Crippen molar-refractivity contribution in [3.8, 4) is 0 Å². The maximum Gasteiger partial charge on any atom is 0.269 e. The summed E-state index contributed by atoms with van der Waals surface area (Å²) in [7, 11) is 0. The van der Waals surface area contributed by atoms with Crippen molar-refractivity contribution in [1.82, 2.24) is 5.32 Å². The summed E-state index contributed by atoms with van der Waals surface area (Å²) in [6.07, 6.45) is 0. The Hall–Kier alpha value is -1.42. The van der Waals surface area contributed by atoms with Crippen LogP contribution < -0.4 is 5.32 Å². The second-order valence-electron chi connectivity index (χ2n) is 2.81. The molecule has 1 heterocycles. The van der Waals surface area contributed by atoms with Crippen LogP contribution in [-0.4, -0.2) is 11.5 Å². The minimum Gasteiger partial charge on any atom is -0.307 e. The van der Waals surface area contributed by atoms with Gasteiger partial charge in [-0.25, -0.2) is 0 Å². The minimum atomic E-state index is -0.385. The molecule has 0 aromatic heterocycles. The van der Waals surface area contributed by atoms with Gasteiger partial charge in [0.25, 0.3) is 5.69 Å². The summed E-state index contributed by atoms with van der Waals surface area (Å²) in [5.74, 6) is 0. The number of nitrogens with zero attached hydrogens (tertiary/aromatic N) is 1. The highest BCUT2D eigenvalue weighted by Gasteiger charge is 2.22. The molecule has 1 aliphatic rings. The van der Waals surface area contributed by atoms with Crippen molar-refractivity contribution in [3.63, 3.8) is 0 Å². The number of nitro groups is 1. The molecule has 0 saturated carbocycles. The molecule has 0 amide bonds. The normalized spacial score (nSPS) is 20.5. The Morgan fingerprint density at radius 2 is 2.00 bits per heavy atom. The molecular weight excluding hydrogens is 156 g/mol. The molecule has 1 aromatic rings. The van der Waals surface area contributed by atoms with Gasteiger partial charge in [0.15, 0.2) is 0 Å². The van der Waals surface area contributed by atoms with Gasteiger partial charge in [-0.3, -0.25) is 10.1 Å². The number of hydrogen-bond donors (Lipinski definition) is 1. The fraction of sp³-hybridized carbons (Fsp3) is 0.250. The Kier molecular flexibility index (Phi) is 1.55. The van der Waals surface area contributed by atoms with Gasteiger partial charge in [-0.15, -0.1) is 0 Å². The van der Waals surface area contributed by atoms with Gasteiger partial charge in [0.2, 0.25) is 0 Å². The van der Waals surface area contributed by atoms with Gasteiger partial charge in [-0.05, 0) is 5.56 Å². The van der Waals surface area contributed by atoms with E-state index >= 15 is 0 Å². The van der Waals surface area contributed by atoms with E-state index in [0.717, 1.165) is 12.1 Å². The third kappa shape index (κ3) is 1.29. The third-order valence-electron chi connectivity index (χ3n) is 1.91. The van der Waals surface area contributed by atoms with E-state index < -0.39 is 0 Å². The van der Waals surface area contributed by atoms with Crippen LogP contribution in [-0.2, 0) is 0 Å². The van der Waals surface area contributed by atoms with E-state index in [9.17, 15) is 10.1 Å². The van der Waals surface area contributed by atoms with Crippen LogP contribution in [0.3, 0.4) is 0 Å². The van der Waals surface area contributed by atoms with Crippen molar-refractivity contribution in [3.05, 3.63) is 39.9 Å². The first-order valence-electron chi connectivity index (χ1n) is 3.75. The van der Waals surface area contributed by atoms with Gasteiger partial charge in [0.05, 0.1) is 4.92 Å². The number of hydrogen-bond acceptors (Lipinski definition) is 3. The SMILES string of the molecule is O=[N+]([O-])c1ccc([C@H]2CN2)cc1. The zero-order valence-corrected chi connectivity index (χ0v) is 6.36. The van der Waals surface area contributed by atoms with Crippen molar-refractivity contribution in [2.24, 2.45) is 0 Å². The first-order valence-corrected chi connectivity index (χ1v) is 3.75. The molecule has 4 heteroatoms. The van der Waals surface area contributed by atoms with Crippen LogP contribution in [0.5, 0.6) is 0 Å². The van der Waals surface area contributed by atoms with Crippen molar-refractivity contribution in [1.29, 1.82) is 0 Å². The topological polar surface area (TPSA) is 65.1 Å². The van der Waals surface area contributed by atoms with E-state index in [1.807, 2.05) is 0 Å². The van der Waals surface area contributed by atoms with Crippen LogP contribution in [0, 0.1) is 10.1 Å². The van der Waals surface area contributed by atoms with Crippen LogP contribution in [0.1, 0.15) is 11.6 Å². The van der Waals surface area contributed by atoms with Gasteiger partial charge >= 0.3 is 0 Å². The fourth-order valence-electron chi connectivity index (χ4n) is 1.12. The summed E-state index contributed by atoms with van der Waals surface area (Å²) in [6, 6.07) is 7.09. The lowest BCUT2D eigenvalue weighted by Crippen LogP contribution is -1.89. The summed E-state index contributed by atoms with van der Waals surface area (Å²) >= 11 is 0. The lowest BCUT2D eigenvalue weighted by Gasteiger charge is -1.94. The number of benzene rings is 1. The molecule has 0 unspecified atom stereocenters. The highest BCUT2D eigenvalue weighted by molar-refractivity contribution is 5.35. The van der Waals surface area contributed by atoms with Gasteiger partial charge in [-0.2, -0.15) is 0 Å². The fourth-order valence-corrected chi connectivity index (χ4v) is 1.12. The summed E-state index contributed by atoms with van der Waals surface area (Å²) in [4.78, 5) is 9.90. The largest absolute Gasteiger partial charge is 0.307 e. The first kappa shape index (κ1) is 7.24. The molecule has 12 heavy (non-hydrogen) atoms. The summed E-state index contributed by atoms with van der Waals surface area (Å²) in [5, 5.41) is 13.4. The molecule has 1 saturated heterocycles. The Labute approximate surface area is 69.4 Å². The number of non-ortho nitro benzene ring substituents is 1. The number of nitrogens with one attached hydrogen (secondary N) is 1. The Morgan fingerprint density at radius 1 is 1.42 bits per heavy atom. The second kappa shape index (κ2) is 2.57. The van der Waals surface area contributed by atoms with Crippen molar-refractivity contribution >= 4 is 5.69 Å². The maximum atomic E-state index is 10.3. The van der Waals surface area contributed by atoms with Crippen LogP contribution in [0.4, 0.5) is 5.69 Å². The molecule has 2 rings (SSSR count). The standard InChI is InChI=1S/C8H8N2O2/c11-10(12)7-3-1-6(2-4-7)8-5-9-8/h1-4,8-9H,5H2/t8-/m1/s1. The monoisotopic (exact) mass is 164 g/mol. The molecule has 0 bridgehead atoms. The Bertz CT molecular complexity index is 303. The molecule has 0 spiro atoms. The zero-order valence-electron chi connectivity index (χ0n) is 6.36. The molecule has 1 aliphatic heterocycles.